The lowest BCUT2D eigenvalue weighted by atomic mass is 9.72. The number of fused-ring (bicyclic) bond motifs is 3. The van der Waals surface area contributed by atoms with E-state index in [1.54, 1.807) is 0 Å². The first-order chi connectivity index (χ1) is 31.1. The van der Waals surface area contributed by atoms with Crippen molar-refractivity contribution in [1.82, 2.24) is 19.9 Å². The molecule has 1 unspecified atom stereocenters. The predicted molar refractivity (Wildman–Crippen MR) is 275 cm³/mol. The zero-order valence-electron chi connectivity index (χ0n) is 40.9. The summed E-state index contributed by atoms with van der Waals surface area (Å²) in [4.78, 5) is 20.4. The van der Waals surface area contributed by atoms with E-state index in [1.807, 2.05) is 6.20 Å². The summed E-state index contributed by atoms with van der Waals surface area (Å²) in [5, 5.41) is 0. The molecule has 0 saturated heterocycles. The van der Waals surface area contributed by atoms with Gasteiger partial charge in [0, 0.05) is 33.9 Å². The Bertz CT molecular complexity index is 2640. The van der Waals surface area contributed by atoms with E-state index in [9.17, 15) is 0 Å². The van der Waals surface area contributed by atoms with E-state index in [1.165, 1.54) is 107 Å². The van der Waals surface area contributed by atoms with Gasteiger partial charge in [-0.3, -0.25) is 4.98 Å². The average Bonchev–Trinajstić information content (AvgIpc) is 3.55. The number of unbranched alkanes of at least 4 members (excludes halogenated alkanes) is 6. The van der Waals surface area contributed by atoms with Gasteiger partial charge in [-0.2, -0.15) is 0 Å². The second-order valence-corrected chi connectivity index (χ2v) is 21.0. The van der Waals surface area contributed by atoms with Crippen LogP contribution in [0.3, 0.4) is 0 Å². The molecule has 0 fully saturated rings. The summed E-state index contributed by atoms with van der Waals surface area (Å²) >= 11 is 0. The number of benzene rings is 5. The predicted octanol–water partition coefficient (Wildman–Crippen LogP) is 16.4. The van der Waals surface area contributed by atoms with E-state index in [0.717, 1.165) is 40.8 Å². The van der Waals surface area contributed by atoms with Crippen molar-refractivity contribution in [3.8, 4) is 56.5 Å². The molecule has 4 nitrogen and oxygen atoms in total. The van der Waals surface area contributed by atoms with Gasteiger partial charge in [-0.15, -0.1) is 0 Å². The van der Waals surface area contributed by atoms with Crippen molar-refractivity contribution in [1.29, 1.82) is 0 Å². The van der Waals surface area contributed by atoms with Gasteiger partial charge >= 0.3 is 0 Å². The van der Waals surface area contributed by atoms with Crippen molar-refractivity contribution in [2.24, 2.45) is 0 Å². The van der Waals surface area contributed by atoms with Gasteiger partial charge in [0.25, 0.3) is 0 Å². The van der Waals surface area contributed by atoms with Gasteiger partial charge in [-0.05, 0) is 119 Å². The molecule has 7 aromatic rings. The second kappa shape index (κ2) is 19.0. The third-order valence-corrected chi connectivity index (χ3v) is 13.8. The Kier molecular flexibility index (Phi) is 13.4. The van der Waals surface area contributed by atoms with Crippen molar-refractivity contribution in [3.63, 3.8) is 0 Å². The summed E-state index contributed by atoms with van der Waals surface area (Å²) in [6, 6.07) is 43.2. The van der Waals surface area contributed by atoms with Crippen molar-refractivity contribution in [3.05, 3.63) is 166 Å². The van der Waals surface area contributed by atoms with Crippen LogP contribution >= 0.6 is 0 Å². The minimum Gasteiger partial charge on any atom is -0.255 e. The molecule has 2 heterocycles. The van der Waals surface area contributed by atoms with Gasteiger partial charge < -0.3 is 0 Å². The normalized spacial score (nSPS) is 14.7. The van der Waals surface area contributed by atoms with Crippen LogP contribution in [0.5, 0.6) is 0 Å². The van der Waals surface area contributed by atoms with Gasteiger partial charge in [-0.25, -0.2) is 15.0 Å². The van der Waals surface area contributed by atoms with Gasteiger partial charge in [-0.1, -0.05) is 197 Å². The third-order valence-electron chi connectivity index (χ3n) is 13.8. The van der Waals surface area contributed by atoms with E-state index in [-0.39, 0.29) is 16.2 Å². The number of aryl methyl sites for hydroxylation is 3. The Balaban J connectivity index is 1.18. The number of aromatic nitrogens is 4. The Labute approximate surface area is 390 Å². The number of hydrogen-bond acceptors (Lipinski definition) is 4. The number of hydrogen-bond donors (Lipinski definition) is 0. The van der Waals surface area contributed by atoms with E-state index in [0.29, 0.717) is 17.5 Å². The average molecular weight is 859 g/mol. The number of nitrogens with zero attached hydrogens (tertiary/aromatic N) is 4. The maximum absolute atomic E-state index is 5.14. The fourth-order valence-electron chi connectivity index (χ4n) is 9.67. The molecule has 8 rings (SSSR count). The van der Waals surface area contributed by atoms with E-state index in [2.05, 4.69) is 184 Å². The van der Waals surface area contributed by atoms with E-state index in [4.69, 9.17) is 19.9 Å². The molecule has 0 N–H and O–H groups in total. The van der Waals surface area contributed by atoms with Crippen LogP contribution < -0.4 is 0 Å². The topological polar surface area (TPSA) is 51.6 Å². The van der Waals surface area contributed by atoms with E-state index >= 15 is 0 Å². The summed E-state index contributed by atoms with van der Waals surface area (Å²) in [5.74, 6) is 1.91. The van der Waals surface area contributed by atoms with Crippen LogP contribution in [0.1, 0.15) is 158 Å². The molecule has 65 heavy (non-hydrogen) atoms. The maximum Gasteiger partial charge on any atom is 0.165 e. The zero-order valence-corrected chi connectivity index (χ0v) is 40.9. The van der Waals surface area contributed by atoms with Crippen LogP contribution in [0.4, 0.5) is 0 Å². The lowest BCUT2D eigenvalue weighted by molar-refractivity contribution is 0.590. The monoisotopic (exact) mass is 859 g/mol. The molecule has 0 saturated carbocycles. The first-order valence-corrected chi connectivity index (χ1v) is 24.5. The van der Waals surface area contributed by atoms with Crippen LogP contribution in [0, 0.1) is 6.92 Å². The summed E-state index contributed by atoms with van der Waals surface area (Å²) in [6.45, 7) is 22.7. The molecule has 1 aliphatic carbocycles. The maximum atomic E-state index is 5.14. The Morgan fingerprint density at radius 2 is 0.923 bits per heavy atom. The molecule has 334 valence electrons. The van der Waals surface area contributed by atoms with Crippen LogP contribution in [-0.2, 0) is 29.1 Å². The lowest BCUT2D eigenvalue weighted by Gasteiger charge is -2.30. The molecule has 0 bridgehead atoms. The Hall–Kier alpha value is -5.74. The fraction of sp³-hybridized carbons (Fsp3) is 0.377. The van der Waals surface area contributed by atoms with Crippen LogP contribution in [-0.4, -0.2) is 19.9 Å². The van der Waals surface area contributed by atoms with Crippen LogP contribution in [0.15, 0.2) is 121 Å². The Morgan fingerprint density at radius 1 is 0.462 bits per heavy atom. The summed E-state index contributed by atoms with van der Waals surface area (Å²) in [7, 11) is 0. The van der Waals surface area contributed by atoms with Crippen molar-refractivity contribution in [2.75, 3.05) is 0 Å². The molecule has 0 radical (unpaired) electrons. The largest absolute Gasteiger partial charge is 0.255 e. The summed E-state index contributed by atoms with van der Waals surface area (Å²) in [5.41, 5.74) is 18.2. The van der Waals surface area contributed by atoms with Crippen molar-refractivity contribution < 1.29 is 0 Å². The van der Waals surface area contributed by atoms with Crippen molar-refractivity contribution in [2.45, 2.75) is 150 Å². The smallest absolute Gasteiger partial charge is 0.165 e. The Morgan fingerprint density at radius 3 is 1.40 bits per heavy atom. The number of rotatable bonds is 15. The highest BCUT2D eigenvalue weighted by atomic mass is 15.0. The highest BCUT2D eigenvalue weighted by Crippen LogP contribution is 2.54. The highest BCUT2D eigenvalue weighted by Gasteiger charge is 2.41. The molecule has 2 aromatic heterocycles. The first kappa shape index (κ1) is 45.8. The molecule has 0 amide bonds. The van der Waals surface area contributed by atoms with Crippen LogP contribution in [0.25, 0.3) is 56.5 Å². The standard InChI is InChI=1S/C61H70N4/c1-11-13-15-17-19-42-36-43(20-18-16-14-12-2)38-50(37-42)61(10)53-35-41(3)21-32-51(53)52-33-26-46(39-54(52)61)55-34-27-47(40-62-55)58-64-56(44-22-28-48(29-23-44)59(4,5)6)63-57(65-58)45-24-30-49(31-25-45)60(7,8)9/h21-40H,11-20H2,1-10H3. The number of pyridine rings is 1. The van der Waals surface area contributed by atoms with Gasteiger partial charge in [0.1, 0.15) is 0 Å². The third kappa shape index (κ3) is 9.93. The highest BCUT2D eigenvalue weighted by molar-refractivity contribution is 5.86. The quantitative estimate of drug-likeness (QED) is 0.0964. The lowest BCUT2D eigenvalue weighted by Crippen LogP contribution is -2.23. The van der Waals surface area contributed by atoms with Gasteiger partial charge in [0.05, 0.1) is 5.69 Å². The molecule has 1 aliphatic rings. The summed E-state index contributed by atoms with van der Waals surface area (Å²) < 4.78 is 0. The molecule has 5 aromatic carbocycles. The minimum atomic E-state index is -0.307. The molecule has 0 spiro atoms. The molecule has 0 aliphatic heterocycles. The minimum absolute atomic E-state index is 0.0480. The molecule has 4 heteroatoms. The second-order valence-electron chi connectivity index (χ2n) is 21.0. The molecular formula is C61H70N4. The summed E-state index contributed by atoms with van der Waals surface area (Å²) in [6.07, 6.45) is 14.4. The van der Waals surface area contributed by atoms with Gasteiger partial charge in [0.15, 0.2) is 17.5 Å². The SMILES string of the molecule is CCCCCCc1cc(CCCCCC)cc(C2(C)c3cc(C)ccc3-c3ccc(-c4ccc(-c5nc(-c6ccc(C(C)(C)C)cc6)nc(-c6ccc(C(C)(C)C)cc6)n5)cn4)cc32)c1. The fourth-order valence-corrected chi connectivity index (χ4v) is 9.67. The first-order valence-electron chi connectivity index (χ1n) is 24.5. The molecule has 1 atom stereocenters. The zero-order chi connectivity index (χ0) is 45.9. The van der Waals surface area contributed by atoms with E-state index < -0.39 is 0 Å². The van der Waals surface area contributed by atoms with Crippen LogP contribution in [0.2, 0.25) is 0 Å². The van der Waals surface area contributed by atoms with Crippen molar-refractivity contribution >= 4 is 0 Å². The molecular weight excluding hydrogens is 789 g/mol. The van der Waals surface area contributed by atoms with Gasteiger partial charge in [0.2, 0.25) is 0 Å².